The summed E-state index contributed by atoms with van der Waals surface area (Å²) >= 11 is 0. The van der Waals surface area contributed by atoms with Crippen molar-refractivity contribution < 1.29 is 24.5 Å². The molecule has 56 heavy (non-hydrogen) atoms. The van der Waals surface area contributed by atoms with E-state index in [-0.39, 0.29) is 18.5 Å². The van der Waals surface area contributed by atoms with E-state index >= 15 is 0 Å². The van der Waals surface area contributed by atoms with Crippen LogP contribution in [0, 0.1) is 0 Å². The maximum atomic E-state index is 12.4. The summed E-state index contributed by atoms with van der Waals surface area (Å²) in [4.78, 5) is 24.5. The van der Waals surface area contributed by atoms with Crippen LogP contribution in [0.4, 0.5) is 0 Å². The molecule has 0 heterocycles. The Kier molecular flexibility index (Phi) is 45.6. The van der Waals surface area contributed by atoms with Crippen LogP contribution < -0.4 is 5.32 Å². The number of unbranched alkanes of at least 4 members (excludes halogenated alkanes) is 36. The standard InChI is InChI=1S/C50H99NO5/c1-3-5-7-9-11-13-15-17-19-22-26-30-34-38-42-48(53)47(46-52)51-49(54)43-39-35-31-27-23-21-25-29-33-37-41-45-56-50(55)44-40-36-32-28-24-20-18-16-14-12-10-8-6-4-2/h47-48,52-53H,3-46H2,1-2H3,(H,51,54). The lowest BCUT2D eigenvalue weighted by Gasteiger charge is -2.22. The molecule has 334 valence electrons. The summed E-state index contributed by atoms with van der Waals surface area (Å²) in [6, 6.07) is -0.553. The van der Waals surface area contributed by atoms with Crippen molar-refractivity contribution in [3.8, 4) is 0 Å². The molecule has 0 saturated heterocycles. The fraction of sp³-hybridized carbons (Fsp3) is 0.960. The minimum absolute atomic E-state index is 0.0108. The molecule has 0 spiro atoms. The van der Waals surface area contributed by atoms with Crippen LogP contribution in [0.15, 0.2) is 0 Å². The van der Waals surface area contributed by atoms with E-state index < -0.39 is 12.1 Å². The number of amides is 1. The van der Waals surface area contributed by atoms with E-state index in [2.05, 4.69) is 19.2 Å². The fourth-order valence-corrected chi connectivity index (χ4v) is 7.99. The summed E-state index contributed by atoms with van der Waals surface area (Å²) in [7, 11) is 0. The third-order valence-corrected chi connectivity index (χ3v) is 11.9. The average molecular weight is 794 g/mol. The Balaban J connectivity index is 3.45. The van der Waals surface area contributed by atoms with E-state index in [4.69, 9.17) is 4.74 Å². The Morgan fingerprint density at radius 2 is 0.732 bits per heavy atom. The van der Waals surface area contributed by atoms with Crippen LogP contribution in [0.1, 0.15) is 284 Å². The van der Waals surface area contributed by atoms with E-state index in [1.807, 2.05) is 0 Å². The summed E-state index contributed by atoms with van der Waals surface area (Å²) in [6.45, 7) is 4.92. The number of carbonyl (C=O) groups is 2. The number of aliphatic hydroxyl groups excluding tert-OH is 2. The molecule has 0 aliphatic rings. The lowest BCUT2D eigenvalue weighted by atomic mass is 10.0. The SMILES string of the molecule is CCCCCCCCCCCCCCCCC(=O)OCCCCCCCCCCCCCC(=O)NC(CO)C(O)CCCCCCCCCCCCCCCC. The first-order valence-electron chi connectivity index (χ1n) is 25.3. The van der Waals surface area contributed by atoms with Crippen molar-refractivity contribution >= 4 is 11.9 Å². The molecule has 0 aromatic carbocycles. The van der Waals surface area contributed by atoms with Crippen molar-refractivity contribution in [2.45, 2.75) is 296 Å². The summed E-state index contributed by atoms with van der Waals surface area (Å²) in [5.74, 6) is -0.0628. The quantitative estimate of drug-likeness (QED) is 0.0421. The number of esters is 1. The number of aliphatic hydroxyl groups is 2. The molecule has 0 saturated carbocycles. The molecule has 0 fully saturated rings. The molecule has 0 aromatic rings. The Morgan fingerprint density at radius 1 is 0.429 bits per heavy atom. The zero-order chi connectivity index (χ0) is 40.8. The van der Waals surface area contributed by atoms with Gasteiger partial charge in [0, 0.05) is 12.8 Å². The van der Waals surface area contributed by atoms with Gasteiger partial charge in [0.15, 0.2) is 0 Å². The second kappa shape index (κ2) is 46.5. The normalized spacial score (nSPS) is 12.6. The number of carbonyl (C=O) groups excluding carboxylic acids is 2. The molecule has 0 aliphatic carbocycles. The van der Waals surface area contributed by atoms with Crippen LogP contribution in [0.3, 0.4) is 0 Å². The second-order valence-electron chi connectivity index (χ2n) is 17.5. The molecule has 3 N–H and O–H groups in total. The minimum atomic E-state index is -0.674. The molecule has 2 unspecified atom stereocenters. The van der Waals surface area contributed by atoms with Gasteiger partial charge in [-0.05, 0) is 25.7 Å². The van der Waals surface area contributed by atoms with E-state index in [1.54, 1.807) is 0 Å². The number of ether oxygens (including phenoxy) is 1. The van der Waals surface area contributed by atoms with Gasteiger partial charge in [0.2, 0.25) is 5.91 Å². The summed E-state index contributed by atoms with van der Waals surface area (Å²) in [5.41, 5.74) is 0. The minimum Gasteiger partial charge on any atom is -0.466 e. The van der Waals surface area contributed by atoms with Crippen LogP contribution >= 0.6 is 0 Å². The molecule has 6 heteroatoms. The highest BCUT2D eigenvalue weighted by Crippen LogP contribution is 2.17. The number of rotatable bonds is 47. The number of nitrogens with one attached hydrogen (secondary N) is 1. The van der Waals surface area contributed by atoms with Crippen molar-refractivity contribution in [1.29, 1.82) is 0 Å². The van der Waals surface area contributed by atoms with Crippen LogP contribution in [0.5, 0.6) is 0 Å². The molecular weight excluding hydrogens is 695 g/mol. The predicted octanol–water partition coefficient (Wildman–Crippen LogP) is 14.8. The largest absolute Gasteiger partial charge is 0.466 e. The zero-order valence-electron chi connectivity index (χ0n) is 37.9. The first kappa shape index (κ1) is 54.9. The number of hydrogen-bond donors (Lipinski definition) is 3. The molecule has 1 amide bonds. The van der Waals surface area contributed by atoms with Crippen molar-refractivity contribution in [3.63, 3.8) is 0 Å². The zero-order valence-corrected chi connectivity index (χ0v) is 37.9. The predicted molar refractivity (Wildman–Crippen MR) is 241 cm³/mol. The highest BCUT2D eigenvalue weighted by atomic mass is 16.5. The van der Waals surface area contributed by atoms with E-state index in [1.165, 1.54) is 193 Å². The third-order valence-electron chi connectivity index (χ3n) is 11.9. The Morgan fingerprint density at radius 3 is 1.09 bits per heavy atom. The van der Waals surface area contributed by atoms with Gasteiger partial charge in [0.1, 0.15) is 0 Å². The van der Waals surface area contributed by atoms with E-state index in [0.29, 0.717) is 25.9 Å². The molecule has 0 aromatic heterocycles. The van der Waals surface area contributed by atoms with Gasteiger partial charge in [0.05, 0.1) is 25.4 Å². The van der Waals surface area contributed by atoms with Crippen molar-refractivity contribution in [3.05, 3.63) is 0 Å². The summed E-state index contributed by atoms with van der Waals surface area (Å²) in [5, 5.41) is 23.2. The van der Waals surface area contributed by atoms with Gasteiger partial charge in [-0.3, -0.25) is 9.59 Å². The Hall–Kier alpha value is -1.14. The third kappa shape index (κ3) is 42.5. The second-order valence-corrected chi connectivity index (χ2v) is 17.5. The van der Waals surface area contributed by atoms with E-state index in [9.17, 15) is 19.8 Å². The Bertz CT molecular complexity index is 791. The first-order chi connectivity index (χ1) is 27.5. The van der Waals surface area contributed by atoms with Crippen molar-refractivity contribution in [2.75, 3.05) is 13.2 Å². The maximum absolute atomic E-state index is 12.4. The maximum Gasteiger partial charge on any atom is 0.305 e. The average Bonchev–Trinajstić information content (AvgIpc) is 3.20. The molecule has 0 bridgehead atoms. The topological polar surface area (TPSA) is 95.9 Å². The van der Waals surface area contributed by atoms with Crippen LogP contribution in [-0.2, 0) is 14.3 Å². The smallest absolute Gasteiger partial charge is 0.305 e. The summed E-state index contributed by atoms with van der Waals surface area (Å²) in [6.07, 6.45) is 50.6. The molecular formula is C50H99NO5. The lowest BCUT2D eigenvalue weighted by molar-refractivity contribution is -0.143. The highest BCUT2D eigenvalue weighted by molar-refractivity contribution is 5.76. The monoisotopic (exact) mass is 794 g/mol. The van der Waals surface area contributed by atoms with Crippen LogP contribution in [0.25, 0.3) is 0 Å². The van der Waals surface area contributed by atoms with Gasteiger partial charge in [-0.2, -0.15) is 0 Å². The highest BCUT2D eigenvalue weighted by Gasteiger charge is 2.20. The summed E-state index contributed by atoms with van der Waals surface area (Å²) < 4.78 is 5.46. The molecule has 0 aliphatic heterocycles. The van der Waals surface area contributed by atoms with Gasteiger partial charge < -0.3 is 20.3 Å². The fourth-order valence-electron chi connectivity index (χ4n) is 7.99. The molecule has 6 nitrogen and oxygen atoms in total. The molecule has 0 rings (SSSR count). The van der Waals surface area contributed by atoms with E-state index in [0.717, 1.165) is 57.8 Å². The number of hydrogen-bond acceptors (Lipinski definition) is 5. The van der Waals surface area contributed by atoms with Gasteiger partial charge >= 0.3 is 5.97 Å². The molecule has 2 atom stereocenters. The van der Waals surface area contributed by atoms with Crippen LogP contribution in [-0.4, -0.2) is 47.4 Å². The van der Waals surface area contributed by atoms with Crippen molar-refractivity contribution in [1.82, 2.24) is 5.32 Å². The Labute approximate surface area is 349 Å². The lowest BCUT2D eigenvalue weighted by Crippen LogP contribution is -2.45. The first-order valence-corrected chi connectivity index (χ1v) is 25.3. The molecule has 0 radical (unpaired) electrons. The van der Waals surface area contributed by atoms with Gasteiger partial charge in [-0.15, -0.1) is 0 Å². The van der Waals surface area contributed by atoms with Gasteiger partial charge in [-0.1, -0.05) is 245 Å². The van der Waals surface area contributed by atoms with Gasteiger partial charge in [0.25, 0.3) is 0 Å². The van der Waals surface area contributed by atoms with Gasteiger partial charge in [-0.25, -0.2) is 0 Å². The van der Waals surface area contributed by atoms with Crippen molar-refractivity contribution in [2.24, 2.45) is 0 Å². The van der Waals surface area contributed by atoms with Crippen LogP contribution in [0.2, 0.25) is 0 Å².